The summed E-state index contributed by atoms with van der Waals surface area (Å²) >= 11 is 0. The van der Waals surface area contributed by atoms with Crippen LogP contribution in [0.15, 0.2) is 0 Å². The second kappa shape index (κ2) is 4.63. The van der Waals surface area contributed by atoms with Gasteiger partial charge in [0, 0.05) is 12.6 Å². The number of likely N-dealkylation sites (N-methyl/N-ethyl adjacent to an activating group) is 1. The lowest BCUT2D eigenvalue weighted by atomic mass is 9.92. The van der Waals surface area contributed by atoms with Crippen molar-refractivity contribution in [1.82, 2.24) is 9.80 Å². The third-order valence-corrected chi connectivity index (χ3v) is 3.94. The fourth-order valence-corrected chi connectivity index (χ4v) is 2.85. The van der Waals surface area contributed by atoms with E-state index in [1.54, 1.807) is 0 Å². The molecule has 0 aliphatic carbocycles. The zero-order valence-electron chi connectivity index (χ0n) is 9.71. The average Bonchev–Trinajstić information content (AvgIpc) is 2.64. The van der Waals surface area contributed by atoms with Gasteiger partial charge in [0.15, 0.2) is 0 Å². The van der Waals surface area contributed by atoms with Crippen LogP contribution < -0.4 is 0 Å². The molecule has 0 N–H and O–H groups in total. The highest BCUT2D eigenvalue weighted by atomic mass is 15.2. The third kappa shape index (κ3) is 2.48. The molecule has 2 aliphatic rings. The number of hydrogen-bond donors (Lipinski definition) is 0. The maximum Gasteiger partial charge on any atom is 0.0222 e. The quantitative estimate of drug-likeness (QED) is 0.664. The van der Waals surface area contributed by atoms with Crippen LogP contribution >= 0.6 is 0 Å². The van der Waals surface area contributed by atoms with Crippen molar-refractivity contribution in [3.63, 3.8) is 0 Å². The van der Waals surface area contributed by atoms with Crippen molar-refractivity contribution in [2.24, 2.45) is 5.92 Å². The van der Waals surface area contributed by atoms with Crippen molar-refractivity contribution in [2.75, 3.05) is 33.2 Å². The lowest BCUT2D eigenvalue weighted by Gasteiger charge is -2.38. The van der Waals surface area contributed by atoms with Crippen LogP contribution in [0, 0.1) is 5.92 Å². The predicted octanol–water partition coefficient (Wildman–Crippen LogP) is 1.81. The van der Waals surface area contributed by atoms with Crippen molar-refractivity contribution in [3.05, 3.63) is 0 Å². The molecule has 2 atom stereocenters. The van der Waals surface area contributed by atoms with E-state index in [9.17, 15) is 0 Å². The minimum Gasteiger partial charge on any atom is -0.302 e. The van der Waals surface area contributed by atoms with Gasteiger partial charge in [0.25, 0.3) is 0 Å². The van der Waals surface area contributed by atoms with Gasteiger partial charge in [-0.05, 0) is 58.3 Å². The molecular weight excluding hydrogens is 172 g/mol. The summed E-state index contributed by atoms with van der Waals surface area (Å²) in [4.78, 5) is 5.22. The number of hydrogen-bond acceptors (Lipinski definition) is 2. The average molecular weight is 196 g/mol. The first-order chi connectivity index (χ1) is 6.75. The summed E-state index contributed by atoms with van der Waals surface area (Å²) in [7, 11) is 2.30. The van der Waals surface area contributed by atoms with Gasteiger partial charge in [-0.3, -0.25) is 0 Å². The maximum absolute atomic E-state index is 2.65. The molecule has 14 heavy (non-hydrogen) atoms. The Morgan fingerprint density at radius 2 is 1.86 bits per heavy atom. The summed E-state index contributed by atoms with van der Waals surface area (Å²) in [5.41, 5.74) is 0. The molecule has 82 valence electrons. The molecule has 0 amide bonds. The molecule has 0 aromatic heterocycles. The third-order valence-electron chi connectivity index (χ3n) is 3.94. The SMILES string of the molecule is C[C@H]1CCN(C)C(CN2CCCC2)C1. The van der Waals surface area contributed by atoms with Crippen LogP contribution in [0.4, 0.5) is 0 Å². The molecule has 0 radical (unpaired) electrons. The first-order valence-corrected chi connectivity index (χ1v) is 6.18. The molecule has 2 saturated heterocycles. The molecule has 0 spiro atoms. The summed E-state index contributed by atoms with van der Waals surface area (Å²) in [6, 6.07) is 0.830. The Kier molecular flexibility index (Phi) is 3.45. The van der Waals surface area contributed by atoms with Gasteiger partial charge in [0.2, 0.25) is 0 Å². The van der Waals surface area contributed by atoms with E-state index in [0.717, 1.165) is 12.0 Å². The first kappa shape index (κ1) is 10.4. The standard InChI is InChI=1S/C12H24N2/c1-11-5-8-13(2)12(9-11)10-14-6-3-4-7-14/h11-12H,3-10H2,1-2H3/t11-,12?/m0/s1. The smallest absolute Gasteiger partial charge is 0.0222 e. The number of nitrogens with zero attached hydrogens (tertiary/aromatic N) is 2. The topological polar surface area (TPSA) is 6.48 Å². The minimum absolute atomic E-state index is 0.830. The van der Waals surface area contributed by atoms with Crippen LogP contribution in [0.25, 0.3) is 0 Å². The van der Waals surface area contributed by atoms with E-state index in [1.807, 2.05) is 0 Å². The van der Waals surface area contributed by atoms with Crippen LogP contribution in [-0.4, -0.2) is 49.1 Å². The van der Waals surface area contributed by atoms with E-state index in [0.29, 0.717) is 0 Å². The summed E-state index contributed by atoms with van der Waals surface area (Å²) in [5.74, 6) is 0.943. The molecule has 2 aliphatic heterocycles. The van der Waals surface area contributed by atoms with Crippen molar-refractivity contribution in [1.29, 1.82) is 0 Å². The number of likely N-dealkylation sites (tertiary alicyclic amines) is 2. The Hall–Kier alpha value is -0.0800. The maximum atomic E-state index is 2.65. The van der Waals surface area contributed by atoms with E-state index in [2.05, 4.69) is 23.8 Å². The minimum atomic E-state index is 0.830. The Morgan fingerprint density at radius 1 is 1.14 bits per heavy atom. The molecule has 1 unspecified atom stereocenters. The van der Waals surface area contributed by atoms with Gasteiger partial charge in [-0.1, -0.05) is 6.92 Å². The monoisotopic (exact) mass is 196 g/mol. The van der Waals surface area contributed by atoms with E-state index in [1.165, 1.54) is 51.9 Å². The van der Waals surface area contributed by atoms with Crippen LogP contribution in [0.2, 0.25) is 0 Å². The Morgan fingerprint density at radius 3 is 2.57 bits per heavy atom. The molecule has 0 aromatic rings. The van der Waals surface area contributed by atoms with Gasteiger partial charge in [0.1, 0.15) is 0 Å². The molecule has 2 heteroatoms. The summed E-state index contributed by atoms with van der Waals surface area (Å²) < 4.78 is 0. The lowest BCUT2D eigenvalue weighted by molar-refractivity contribution is 0.114. The highest BCUT2D eigenvalue weighted by Crippen LogP contribution is 2.22. The van der Waals surface area contributed by atoms with Gasteiger partial charge >= 0.3 is 0 Å². The fourth-order valence-electron chi connectivity index (χ4n) is 2.85. The Labute approximate surface area is 88.3 Å². The van der Waals surface area contributed by atoms with Gasteiger partial charge in [-0.25, -0.2) is 0 Å². The number of piperidine rings is 1. The molecule has 0 bridgehead atoms. The largest absolute Gasteiger partial charge is 0.302 e. The summed E-state index contributed by atoms with van der Waals surface area (Å²) in [6.45, 7) is 7.72. The molecule has 2 rings (SSSR count). The molecular formula is C12H24N2. The second-order valence-electron chi connectivity index (χ2n) is 5.27. The van der Waals surface area contributed by atoms with Crippen molar-refractivity contribution < 1.29 is 0 Å². The fraction of sp³-hybridized carbons (Fsp3) is 1.00. The van der Waals surface area contributed by atoms with Crippen LogP contribution in [0.3, 0.4) is 0 Å². The van der Waals surface area contributed by atoms with Crippen LogP contribution in [0.5, 0.6) is 0 Å². The van der Waals surface area contributed by atoms with Crippen LogP contribution in [-0.2, 0) is 0 Å². The molecule has 2 heterocycles. The zero-order chi connectivity index (χ0) is 9.97. The predicted molar refractivity (Wildman–Crippen MR) is 60.5 cm³/mol. The van der Waals surface area contributed by atoms with Gasteiger partial charge in [-0.15, -0.1) is 0 Å². The van der Waals surface area contributed by atoms with Crippen molar-refractivity contribution in [2.45, 2.75) is 38.6 Å². The highest BCUT2D eigenvalue weighted by molar-refractivity contribution is 4.82. The van der Waals surface area contributed by atoms with E-state index in [4.69, 9.17) is 0 Å². The molecule has 0 aromatic carbocycles. The van der Waals surface area contributed by atoms with Gasteiger partial charge < -0.3 is 9.80 Å². The first-order valence-electron chi connectivity index (χ1n) is 6.18. The van der Waals surface area contributed by atoms with Crippen molar-refractivity contribution in [3.8, 4) is 0 Å². The highest BCUT2D eigenvalue weighted by Gasteiger charge is 2.26. The van der Waals surface area contributed by atoms with E-state index in [-0.39, 0.29) is 0 Å². The number of rotatable bonds is 2. The lowest BCUT2D eigenvalue weighted by Crippen LogP contribution is -2.45. The van der Waals surface area contributed by atoms with E-state index < -0.39 is 0 Å². The van der Waals surface area contributed by atoms with Gasteiger partial charge in [-0.2, -0.15) is 0 Å². The Balaban J connectivity index is 1.82. The summed E-state index contributed by atoms with van der Waals surface area (Å²) in [5, 5.41) is 0. The summed E-state index contributed by atoms with van der Waals surface area (Å²) in [6.07, 6.45) is 5.65. The van der Waals surface area contributed by atoms with E-state index >= 15 is 0 Å². The van der Waals surface area contributed by atoms with Crippen LogP contribution in [0.1, 0.15) is 32.6 Å². The second-order valence-corrected chi connectivity index (χ2v) is 5.27. The van der Waals surface area contributed by atoms with Crippen molar-refractivity contribution >= 4 is 0 Å². The van der Waals surface area contributed by atoms with Gasteiger partial charge in [0.05, 0.1) is 0 Å². The molecule has 2 nitrogen and oxygen atoms in total. The normalized spacial score (nSPS) is 36.4. The Bertz CT molecular complexity index is 175. The zero-order valence-corrected chi connectivity index (χ0v) is 9.71. The molecule has 2 fully saturated rings. The molecule has 0 saturated carbocycles.